The molecule has 0 unspecified atom stereocenters. The van der Waals surface area contributed by atoms with Crippen LogP contribution in [0.2, 0.25) is 0 Å². The largest absolute Gasteiger partial charge is 0.383 e. The van der Waals surface area contributed by atoms with Crippen LogP contribution in [0, 0.1) is 5.92 Å². The Bertz CT molecular complexity index is 788. The van der Waals surface area contributed by atoms with E-state index < -0.39 is 0 Å². The summed E-state index contributed by atoms with van der Waals surface area (Å²) in [6.45, 7) is 8.56. The van der Waals surface area contributed by atoms with Crippen molar-refractivity contribution in [3.05, 3.63) is 35.9 Å². The third kappa shape index (κ3) is 4.99. The maximum Gasteiger partial charge on any atom is 0.233 e. The number of piperidine rings is 1. The summed E-state index contributed by atoms with van der Waals surface area (Å²) in [4.78, 5) is 17.1. The highest BCUT2D eigenvalue weighted by Gasteiger charge is 2.30. The molecular formula is C23H33N3O3. The Morgan fingerprint density at radius 2 is 2.07 bits per heavy atom. The number of anilines is 1. The molecule has 1 aromatic carbocycles. The minimum Gasteiger partial charge on any atom is -0.383 e. The van der Waals surface area contributed by atoms with E-state index in [9.17, 15) is 4.79 Å². The van der Waals surface area contributed by atoms with E-state index in [2.05, 4.69) is 17.0 Å². The first-order chi connectivity index (χ1) is 14.0. The Balaban J connectivity index is 2.00. The Morgan fingerprint density at radius 3 is 2.72 bits per heavy atom. The van der Waals surface area contributed by atoms with E-state index in [1.54, 1.807) is 7.11 Å². The van der Waals surface area contributed by atoms with Crippen LogP contribution < -0.4 is 4.90 Å². The molecule has 1 fully saturated rings. The number of amides is 1. The molecule has 0 spiro atoms. The quantitative estimate of drug-likeness (QED) is 0.660. The van der Waals surface area contributed by atoms with Crippen LogP contribution in [-0.2, 0) is 16.1 Å². The Morgan fingerprint density at radius 1 is 1.31 bits per heavy atom. The molecule has 2 heterocycles. The molecule has 6 heteroatoms. The molecule has 0 bridgehead atoms. The average molecular weight is 400 g/mol. The van der Waals surface area contributed by atoms with E-state index in [0.29, 0.717) is 25.7 Å². The lowest BCUT2D eigenvalue weighted by Crippen LogP contribution is -2.39. The topological polar surface area (TPSA) is 58.8 Å². The van der Waals surface area contributed by atoms with Crippen LogP contribution >= 0.6 is 0 Å². The highest BCUT2D eigenvalue weighted by molar-refractivity contribution is 5.79. The van der Waals surface area contributed by atoms with Crippen LogP contribution in [0.15, 0.2) is 34.9 Å². The predicted molar refractivity (Wildman–Crippen MR) is 115 cm³/mol. The van der Waals surface area contributed by atoms with Gasteiger partial charge in [0.15, 0.2) is 0 Å². The maximum absolute atomic E-state index is 12.9. The summed E-state index contributed by atoms with van der Waals surface area (Å²) >= 11 is 0. The number of carbonyl (C=O) groups excluding carboxylic acids is 1. The molecule has 29 heavy (non-hydrogen) atoms. The number of carbonyl (C=O) groups is 1. The molecule has 1 aromatic heterocycles. The summed E-state index contributed by atoms with van der Waals surface area (Å²) in [6, 6.07) is 10.5. The van der Waals surface area contributed by atoms with Gasteiger partial charge in [-0.2, -0.15) is 0 Å². The number of hydrogen-bond donors (Lipinski definition) is 0. The lowest BCUT2D eigenvalue weighted by Gasteiger charge is -2.34. The number of methoxy groups -OCH3 is 1. The molecule has 1 aliphatic rings. The first-order valence-electron chi connectivity index (χ1n) is 10.6. The minimum absolute atomic E-state index is 0.0794. The zero-order valence-corrected chi connectivity index (χ0v) is 18.1. The van der Waals surface area contributed by atoms with Crippen molar-refractivity contribution >= 4 is 11.8 Å². The van der Waals surface area contributed by atoms with Crippen molar-refractivity contribution in [2.24, 2.45) is 5.92 Å². The summed E-state index contributed by atoms with van der Waals surface area (Å²) in [5, 5.41) is 4.45. The standard InChI is InChI=1S/C23H33N3O3/c1-17(2)22(27)25(14-15-28-4)16-20-21(19-11-6-5-7-12-19)24-29-23(20)26-13-9-8-10-18(26)3/h5-7,11-12,17-18H,8-10,13-16H2,1-4H3/t18-/m0/s1. The van der Waals surface area contributed by atoms with E-state index >= 15 is 0 Å². The van der Waals surface area contributed by atoms with Gasteiger partial charge < -0.3 is 19.1 Å². The SMILES string of the molecule is COCCN(Cc1c(-c2ccccc2)noc1N1CCCC[C@@H]1C)C(=O)C(C)C. The van der Waals surface area contributed by atoms with Gasteiger partial charge in [0.1, 0.15) is 5.69 Å². The van der Waals surface area contributed by atoms with E-state index in [0.717, 1.165) is 42.1 Å². The lowest BCUT2D eigenvalue weighted by atomic mass is 10.0. The number of benzene rings is 1. The molecule has 0 radical (unpaired) electrons. The maximum atomic E-state index is 12.9. The Kier molecular flexibility index (Phi) is 7.31. The van der Waals surface area contributed by atoms with Crippen LogP contribution in [0.4, 0.5) is 5.88 Å². The first-order valence-corrected chi connectivity index (χ1v) is 10.6. The molecular weight excluding hydrogens is 366 g/mol. The summed E-state index contributed by atoms with van der Waals surface area (Å²) in [5.74, 6) is 0.833. The van der Waals surface area contributed by atoms with Gasteiger partial charge in [-0.1, -0.05) is 49.3 Å². The van der Waals surface area contributed by atoms with Crippen molar-refractivity contribution in [1.29, 1.82) is 0 Å². The fraction of sp³-hybridized carbons (Fsp3) is 0.565. The van der Waals surface area contributed by atoms with Gasteiger partial charge in [-0.15, -0.1) is 0 Å². The normalized spacial score (nSPS) is 17.0. The van der Waals surface area contributed by atoms with Gasteiger partial charge in [0.25, 0.3) is 0 Å². The van der Waals surface area contributed by atoms with Crippen LogP contribution in [0.1, 0.15) is 45.6 Å². The number of hydrogen-bond acceptors (Lipinski definition) is 5. The molecule has 158 valence electrons. The fourth-order valence-corrected chi connectivity index (χ4v) is 3.92. The molecule has 1 aliphatic heterocycles. The van der Waals surface area contributed by atoms with Gasteiger partial charge >= 0.3 is 0 Å². The van der Waals surface area contributed by atoms with E-state index in [1.165, 1.54) is 6.42 Å². The fourth-order valence-electron chi connectivity index (χ4n) is 3.92. The molecule has 6 nitrogen and oxygen atoms in total. The van der Waals surface area contributed by atoms with Gasteiger partial charge in [0.05, 0.1) is 18.7 Å². The van der Waals surface area contributed by atoms with Gasteiger partial charge in [-0.05, 0) is 26.2 Å². The average Bonchev–Trinajstić information content (AvgIpc) is 3.14. The van der Waals surface area contributed by atoms with Crippen LogP contribution in [0.5, 0.6) is 0 Å². The number of aromatic nitrogens is 1. The highest BCUT2D eigenvalue weighted by atomic mass is 16.5. The molecule has 0 aliphatic carbocycles. The van der Waals surface area contributed by atoms with Crippen molar-refractivity contribution < 1.29 is 14.1 Å². The lowest BCUT2D eigenvalue weighted by molar-refractivity contribution is -0.135. The summed E-state index contributed by atoms with van der Waals surface area (Å²) < 4.78 is 11.2. The third-order valence-corrected chi connectivity index (χ3v) is 5.60. The van der Waals surface area contributed by atoms with Gasteiger partial charge in [0, 0.05) is 37.7 Å². The number of nitrogens with zero attached hydrogens (tertiary/aromatic N) is 3. The molecule has 1 amide bonds. The molecule has 0 saturated carbocycles. The zero-order valence-electron chi connectivity index (χ0n) is 18.1. The van der Waals surface area contributed by atoms with E-state index in [4.69, 9.17) is 9.26 Å². The number of ether oxygens (including phenoxy) is 1. The van der Waals surface area contributed by atoms with Crippen LogP contribution in [0.25, 0.3) is 11.3 Å². The number of rotatable bonds is 8. The van der Waals surface area contributed by atoms with Crippen molar-refractivity contribution in [2.45, 2.75) is 52.6 Å². The van der Waals surface area contributed by atoms with Crippen molar-refractivity contribution in [3.8, 4) is 11.3 Å². The Hall–Kier alpha value is -2.34. The molecule has 0 N–H and O–H groups in total. The van der Waals surface area contributed by atoms with E-state index in [1.807, 2.05) is 49.1 Å². The zero-order chi connectivity index (χ0) is 20.8. The summed E-state index contributed by atoms with van der Waals surface area (Å²) in [5.41, 5.74) is 2.80. The Labute approximate surface area is 173 Å². The smallest absolute Gasteiger partial charge is 0.233 e. The predicted octanol–water partition coefficient (Wildman–Crippen LogP) is 4.35. The summed E-state index contributed by atoms with van der Waals surface area (Å²) in [7, 11) is 1.66. The van der Waals surface area contributed by atoms with Gasteiger partial charge in [-0.3, -0.25) is 4.79 Å². The third-order valence-electron chi connectivity index (χ3n) is 5.60. The highest BCUT2D eigenvalue weighted by Crippen LogP contribution is 2.35. The van der Waals surface area contributed by atoms with Crippen molar-refractivity contribution in [2.75, 3.05) is 31.7 Å². The molecule has 3 rings (SSSR count). The van der Waals surface area contributed by atoms with Crippen LogP contribution in [-0.4, -0.2) is 48.8 Å². The molecule has 1 saturated heterocycles. The summed E-state index contributed by atoms with van der Waals surface area (Å²) in [6.07, 6.45) is 3.51. The molecule has 1 atom stereocenters. The monoisotopic (exact) mass is 399 g/mol. The van der Waals surface area contributed by atoms with Gasteiger partial charge in [0.2, 0.25) is 11.8 Å². The van der Waals surface area contributed by atoms with E-state index in [-0.39, 0.29) is 11.8 Å². The second-order valence-corrected chi connectivity index (χ2v) is 8.13. The van der Waals surface area contributed by atoms with Crippen LogP contribution in [0.3, 0.4) is 0 Å². The second-order valence-electron chi connectivity index (χ2n) is 8.13. The first kappa shape index (κ1) is 21.4. The molecule has 2 aromatic rings. The van der Waals surface area contributed by atoms with Crippen molar-refractivity contribution in [3.63, 3.8) is 0 Å². The minimum atomic E-state index is -0.0794. The van der Waals surface area contributed by atoms with Crippen molar-refractivity contribution in [1.82, 2.24) is 10.1 Å². The second kappa shape index (κ2) is 9.92. The van der Waals surface area contributed by atoms with Gasteiger partial charge in [-0.25, -0.2) is 0 Å².